The smallest absolute Gasteiger partial charge is 0.294 e. The molecule has 0 spiro atoms. The molecule has 0 radical (unpaired) electrons. The number of quaternary nitrogens is 2. The molecule has 2 aromatic carbocycles. The third-order valence-electron chi connectivity index (χ3n) is 6.46. The first-order valence-corrected chi connectivity index (χ1v) is 11.2. The van der Waals surface area contributed by atoms with Crippen molar-refractivity contribution in [1.82, 2.24) is 9.97 Å². The van der Waals surface area contributed by atoms with Crippen molar-refractivity contribution in [3.63, 3.8) is 0 Å². The van der Waals surface area contributed by atoms with Crippen LogP contribution >= 0.6 is 0 Å². The van der Waals surface area contributed by atoms with Gasteiger partial charge >= 0.3 is 0 Å². The molecule has 0 amide bonds. The molecule has 1 saturated heterocycles. The monoisotopic (exact) mass is 418 g/mol. The summed E-state index contributed by atoms with van der Waals surface area (Å²) >= 11 is 0. The van der Waals surface area contributed by atoms with Gasteiger partial charge in [0.05, 0.1) is 0 Å². The second-order valence-corrected chi connectivity index (χ2v) is 9.04. The first-order chi connectivity index (χ1) is 15.1. The Morgan fingerprint density at radius 2 is 1.65 bits per heavy atom. The molecule has 0 saturated carbocycles. The normalized spacial score (nSPS) is 19.5. The summed E-state index contributed by atoms with van der Waals surface area (Å²) in [7, 11) is 0. The summed E-state index contributed by atoms with van der Waals surface area (Å²) in [5.74, 6) is 1.32. The van der Waals surface area contributed by atoms with Gasteiger partial charge in [0, 0.05) is 10.9 Å². The number of nitrogens with zero attached hydrogens (tertiary/aromatic N) is 1. The van der Waals surface area contributed by atoms with Crippen LogP contribution in [0, 0.1) is 0 Å². The van der Waals surface area contributed by atoms with E-state index in [-0.39, 0.29) is 5.56 Å². The Kier molecular flexibility index (Phi) is 5.34. The van der Waals surface area contributed by atoms with Gasteiger partial charge in [-0.2, -0.15) is 0 Å². The van der Waals surface area contributed by atoms with Crippen LogP contribution in [0.3, 0.4) is 0 Å². The molecule has 3 heterocycles. The molecule has 1 aliphatic rings. The summed E-state index contributed by atoms with van der Waals surface area (Å²) in [6.45, 7) is 10.7. The lowest BCUT2D eigenvalue weighted by Gasteiger charge is -2.29. The first-order valence-electron chi connectivity index (χ1n) is 11.2. The Hall–Kier alpha value is -2.96. The molecule has 0 bridgehead atoms. The van der Waals surface area contributed by atoms with Crippen LogP contribution in [0.25, 0.3) is 22.1 Å². The molecular weight excluding hydrogens is 388 g/mol. The van der Waals surface area contributed by atoms with E-state index < -0.39 is 0 Å². The fraction of sp³-hybridized carbons (Fsp3) is 0.360. The number of fused-ring (bicyclic) bond motifs is 3. The summed E-state index contributed by atoms with van der Waals surface area (Å²) in [5.41, 5.74) is 4.31. The van der Waals surface area contributed by atoms with Crippen LogP contribution < -0.4 is 15.4 Å². The van der Waals surface area contributed by atoms with E-state index in [1.54, 1.807) is 4.90 Å². The van der Waals surface area contributed by atoms with Gasteiger partial charge in [-0.05, 0) is 23.6 Å². The third kappa shape index (κ3) is 4.13. The highest BCUT2D eigenvalue weighted by Gasteiger charge is 2.24. The van der Waals surface area contributed by atoms with Crippen molar-refractivity contribution in [1.29, 1.82) is 0 Å². The van der Waals surface area contributed by atoms with Gasteiger partial charge < -0.3 is 19.2 Å². The van der Waals surface area contributed by atoms with E-state index in [2.05, 4.69) is 43.1 Å². The minimum atomic E-state index is -0.190. The highest BCUT2D eigenvalue weighted by atomic mass is 16.3. The zero-order valence-electron chi connectivity index (χ0n) is 18.2. The molecule has 2 aromatic heterocycles. The van der Waals surface area contributed by atoms with E-state index in [9.17, 15) is 4.79 Å². The molecule has 3 N–H and O–H groups in total. The van der Waals surface area contributed by atoms with E-state index in [1.165, 1.54) is 16.0 Å². The number of rotatable bonds is 5. The van der Waals surface area contributed by atoms with Crippen molar-refractivity contribution < 1.29 is 14.2 Å². The van der Waals surface area contributed by atoms with Crippen LogP contribution in [-0.4, -0.2) is 36.1 Å². The number of furan rings is 1. The molecule has 160 valence electrons. The number of aromatic amines is 1. The lowest BCUT2D eigenvalue weighted by Crippen LogP contribution is -3.27. The minimum Gasteiger partial charge on any atom is -0.449 e. The number of hydrogen-bond donors (Lipinski definition) is 3. The van der Waals surface area contributed by atoms with Crippen LogP contribution in [0.4, 0.5) is 0 Å². The van der Waals surface area contributed by atoms with Gasteiger partial charge in [-0.15, -0.1) is 0 Å². The number of para-hydroxylation sites is 1. The van der Waals surface area contributed by atoms with Crippen LogP contribution in [0.1, 0.15) is 36.7 Å². The first kappa shape index (κ1) is 20.0. The quantitative estimate of drug-likeness (QED) is 0.457. The van der Waals surface area contributed by atoms with Gasteiger partial charge in [0.2, 0.25) is 5.58 Å². The number of piperazine rings is 1. The van der Waals surface area contributed by atoms with Gasteiger partial charge in [0.25, 0.3) is 5.56 Å². The Bertz CT molecular complexity index is 1250. The molecule has 5 rings (SSSR count). The van der Waals surface area contributed by atoms with Gasteiger partial charge in [-0.3, -0.25) is 4.79 Å². The summed E-state index contributed by atoms with van der Waals surface area (Å²) in [4.78, 5) is 23.3. The third-order valence-corrected chi connectivity index (χ3v) is 6.46. The van der Waals surface area contributed by atoms with Crippen molar-refractivity contribution in [2.75, 3.05) is 26.2 Å². The molecule has 6 nitrogen and oxygen atoms in total. The van der Waals surface area contributed by atoms with Crippen molar-refractivity contribution in [3.05, 3.63) is 75.8 Å². The number of nitrogens with one attached hydrogen (secondary N) is 3. The Balaban J connectivity index is 1.24. The van der Waals surface area contributed by atoms with E-state index >= 15 is 0 Å². The fourth-order valence-electron chi connectivity index (χ4n) is 4.59. The van der Waals surface area contributed by atoms with Crippen LogP contribution in [0.15, 0.2) is 57.7 Å². The summed E-state index contributed by atoms with van der Waals surface area (Å²) in [5, 5.41) is 0.901. The predicted molar refractivity (Wildman–Crippen MR) is 121 cm³/mol. The van der Waals surface area contributed by atoms with E-state index in [1.807, 2.05) is 24.3 Å². The maximum Gasteiger partial charge on any atom is 0.294 e. The number of benzene rings is 2. The molecule has 6 heteroatoms. The maximum atomic E-state index is 12.5. The zero-order valence-corrected chi connectivity index (χ0v) is 18.2. The molecule has 1 fully saturated rings. The molecule has 0 aliphatic carbocycles. The highest BCUT2D eigenvalue weighted by molar-refractivity contribution is 6.01. The second kappa shape index (κ2) is 8.29. The van der Waals surface area contributed by atoms with Crippen molar-refractivity contribution >= 4 is 22.1 Å². The summed E-state index contributed by atoms with van der Waals surface area (Å²) < 4.78 is 5.70. The second-order valence-electron chi connectivity index (χ2n) is 9.04. The topological polar surface area (TPSA) is 67.8 Å². The van der Waals surface area contributed by atoms with Crippen molar-refractivity contribution in [3.8, 4) is 0 Å². The van der Waals surface area contributed by atoms with Crippen LogP contribution in [0.5, 0.6) is 0 Å². The minimum absolute atomic E-state index is 0.190. The molecule has 1 aliphatic heterocycles. The average molecular weight is 419 g/mol. The lowest BCUT2D eigenvalue weighted by atomic mass is 10.0. The SMILES string of the molecule is CC(C)c1ccc(C[NH+]2CC[NH+](Cc3nc4c(oc5ccccc54)c(=O)[nH]3)CC2)cc1. The highest BCUT2D eigenvalue weighted by Crippen LogP contribution is 2.24. The Morgan fingerprint density at radius 1 is 0.968 bits per heavy atom. The predicted octanol–water partition coefficient (Wildman–Crippen LogP) is 1.28. The Labute approximate surface area is 181 Å². The largest absolute Gasteiger partial charge is 0.449 e. The van der Waals surface area contributed by atoms with Gasteiger partial charge in [-0.1, -0.05) is 50.2 Å². The van der Waals surface area contributed by atoms with Gasteiger partial charge in [0.1, 0.15) is 50.4 Å². The maximum absolute atomic E-state index is 12.5. The molecule has 0 unspecified atom stereocenters. The van der Waals surface area contributed by atoms with Gasteiger partial charge in [-0.25, -0.2) is 4.98 Å². The molecular formula is C25H30N4O2+2. The summed E-state index contributed by atoms with van der Waals surface area (Å²) in [6, 6.07) is 16.8. The lowest BCUT2D eigenvalue weighted by molar-refractivity contribution is -1.02. The molecule has 31 heavy (non-hydrogen) atoms. The standard InChI is InChI=1S/C25H28N4O2/c1-17(2)19-9-7-18(8-10-19)15-28-11-13-29(14-12-28)16-22-26-23-20-5-3-4-6-21(20)31-24(23)25(30)27-22/h3-10,17H,11-16H2,1-2H3,(H,26,27,30)/p+2. The van der Waals surface area contributed by atoms with Crippen LogP contribution in [-0.2, 0) is 13.1 Å². The van der Waals surface area contributed by atoms with E-state index in [4.69, 9.17) is 9.40 Å². The Morgan fingerprint density at radius 3 is 2.35 bits per heavy atom. The number of hydrogen-bond acceptors (Lipinski definition) is 3. The fourth-order valence-corrected chi connectivity index (χ4v) is 4.59. The van der Waals surface area contributed by atoms with Gasteiger partial charge in [0.15, 0.2) is 5.82 Å². The van der Waals surface area contributed by atoms with E-state index in [0.717, 1.165) is 50.5 Å². The summed E-state index contributed by atoms with van der Waals surface area (Å²) in [6.07, 6.45) is 0. The number of aromatic nitrogens is 2. The number of H-pyrrole nitrogens is 1. The van der Waals surface area contributed by atoms with Crippen LogP contribution in [0.2, 0.25) is 0 Å². The van der Waals surface area contributed by atoms with E-state index in [0.29, 0.717) is 22.6 Å². The zero-order chi connectivity index (χ0) is 21.4. The molecule has 0 atom stereocenters. The molecule has 4 aromatic rings. The van der Waals surface area contributed by atoms with Crippen molar-refractivity contribution in [2.24, 2.45) is 0 Å². The average Bonchev–Trinajstić information content (AvgIpc) is 3.15. The van der Waals surface area contributed by atoms with Crippen molar-refractivity contribution in [2.45, 2.75) is 32.9 Å².